The minimum absolute atomic E-state index is 0.568. The smallest absolute Gasteiger partial charge is 0.303 e. The molecule has 0 radical (unpaired) electrons. The average Bonchev–Trinajstić information content (AvgIpc) is 2.33. The first-order valence-electron chi connectivity index (χ1n) is 3.00. The van der Waals surface area contributed by atoms with Crippen LogP contribution in [0.4, 0.5) is 0 Å². The van der Waals surface area contributed by atoms with Crippen LogP contribution in [0.25, 0.3) is 0 Å². The van der Waals surface area contributed by atoms with Crippen molar-refractivity contribution < 1.29 is 13.8 Å². The van der Waals surface area contributed by atoms with Gasteiger partial charge in [-0.25, -0.2) is 4.57 Å². The Labute approximate surface area is 58.0 Å². The summed E-state index contributed by atoms with van der Waals surface area (Å²) in [5.41, 5.74) is 2.05. The number of rotatable bonds is 1. The molecule has 0 aromatic heterocycles. The van der Waals surface area contributed by atoms with Gasteiger partial charge in [0.1, 0.15) is 0 Å². The molecule has 0 aliphatic carbocycles. The van der Waals surface area contributed by atoms with E-state index >= 15 is 0 Å². The molecule has 0 amide bonds. The summed E-state index contributed by atoms with van der Waals surface area (Å²) in [5, 5.41) is 3.01. The molecule has 2 saturated heterocycles. The number of hydrogen-bond acceptors (Lipinski definition) is 5. The van der Waals surface area contributed by atoms with Gasteiger partial charge < -0.3 is 5.32 Å². The van der Waals surface area contributed by atoms with Crippen LogP contribution in [0.2, 0.25) is 0 Å². The summed E-state index contributed by atoms with van der Waals surface area (Å²) in [7, 11) is -2.88. The van der Waals surface area contributed by atoms with Gasteiger partial charge in [0.2, 0.25) is 0 Å². The van der Waals surface area contributed by atoms with Gasteiger partial charge in [-0.2, -0.15) is 13.9 Å². The van der Waals surface area contributed by atoms with Crippen molar-refractivity contribution in [3.8, 4) is 0 Å². The molecular formula is C3H8N3O3P. The molecule has 58 valence electrons. The molecule has 0 unspecified atom stereocenters. The van der Waals surface area contributed by atoms with E-state index in [1.54, 1.807) is 4.67 Å². The Kier molecular flexibility index (Phi) is 1.52. The molecule has 0 bridgehead atoms. The zero-order chi connectivity index (χ0) is 7.03. The summed E-state index contributed by atoms with van der Waals surface area (Å²) in [5.74, 6) is 0. The standard InChI is InChI=1S/C3H8N3O3P/c7-10(8-5-9-10)6-2-1-4-3-6/h4-5H,1-3H2. The lowest BCUT2D eigenvalue weighted by molar-refractivity contribution is -0.135. The van der Waals surface area contributed by atoms with E-state index < -0.39 is 7.75 Å². The zero-order valence-corrected chi connectivity index (χ0v) is 6.13. The van der Waals surface area contributed by atoms with Gasteiger partial charge in [-0.15, -0.1) is 0 Å². The number of nitrogens with one attached hydrogen (secondary N) is 2. The maximum absolute atomic E-state index is 11.3. The Morgan fingerprint density at radius 2 is 2.30 bits per heavy atom. The van der Waals surface area contributed by atoms with E-state index in [-0.39, 0.29) is 0 Å². The molecule has 2 aliphatic heterocycles. The molecule has 0 atom stereocenters. The van der Waals surface area contributed by atoms with Gasteiger partial charge in [0.25, 0.3) is 0 Å². The van der Waals surface area contributed by atoms with Gasteiger partial charge >= 0.3 is 7.75 Å². The van der Waals surface area contributed by atoms with Gasteiger partial charge in [-0.05, 0) is 0 Å². The van der Waals surface area contributed by atoms with Crippen molar-refractivity contribution in [3.05, 3.63) is 0 Å². The lowest BCUT2D eigenvalue weighted by Crippen LogP contribution is -2.35. The van der Waals surface area contributed by atoms with E-state index in [2.05, 4.69) is 14.6 Å². The molecule has 10 heavy (non-hydrogen) atoms. The molecule has 2 N–H and O–H groups in total. The van der Waals surface area contributed by atoms with Crippen molar-refractivity contribution in [3.63, 3.8) is 0 Å². The predicted octanol–water partition coefficient (Wildman–Crippen LogP) is -0.576. The molecule has 2 heterocycles. The largest absolute Gasteiger partial charge is 0.446 e. The van der Waals surface area contributed by atoms with Crippen molar-refractivity contribution in [1.29, 1.82) is 0 Å². The maximum Gasteiger partial charge on any atom is 0.446 e. The highest BCUT2D eigenvalue weighted by Gasteiger charge is 2.43. The summed E-state index contributed by atoms with van der Waals surface area (Å²) in [6.45, 7) is 2.11. The minimum Gasteiger partial charge on any atom is -0.303 e. The maximum atomic E-state index is 11.3. The van der Waals surface area contributed by atoms with Crippen LogP contribution in [0.1, 0.15) is 0 Å². The van der Waals surface area contributed by atoms with Crippen LogP contribution in [0.15, 0.2) is 0 Å². The van der Waals surface area contributed by atoms with Crippen LogP contribution in [0.5, 0.6) is 0 Å². The van der Waals surface area contributed by atoms with E-state index in [0.717, 1.165) is 6.54 Å². The van der Waals surface area contributed by atoms with Gasteiger partial charge in [0.05, 0.1) is 6.67 Å². The fraction of sp³-hybridized carbons (Fsp3) is 1.00. The third kappa shape index (κ3) is 0.897. The molecule has 7 heteroatoms. The fourth-order valence-electron chi connectivity index (χ4n) is 0.921. The van der Waals surface area contributed by atoms with Gasteiger partial charge in [-0.1, -0.05) is 5.64 Å². The second-order valence-electron chi connectivity index (χ2n) is 2.12. The summed E-state index contributed by atoms with van der Waals surface area (Å²) in [4.78, 5) is 0. The highest BCUT2D eigenvalue weighted by Crippen LogP contribution is 2.55. The first-order valence-corrected chi connectivity index (χ1v) is 4.49. The highest BCUT2D eigenvalue weighted by atomic mass is 31.2. The fourth-order valence-corrected chi connectivity index (χ4v) is 1.97. The first-order chi connectivity index (χ1) is 4.81. The lowest BCUT2D eigenvalue weighted by Gasteiger charge is -2.30. The second kappa shape index (κ2) is 2.27. The molecule has 6 nitrogen and oxygen atoms in total. The Bertz CT molecular complexity index is 172. The van der Waals surface area contributed by atoms with Crippen molar-refractivity contribution in [2.75, 3.05) is 19.8 Å². The minimum atomic E-state index is -2.88. The van der Waals surface area contributed by atoms with E-state index in [1.807, 2.05) is 5.64 Å². The van der Waals surface area contributed by atoms with Crippen LogP contribution < -0.4 is 11.0 Å². The van der Waals surface area contributed by atoms with E-state index in [1.165, 1.54) is 0 Å². The Morgan fingerprint density at radius 1 is 1.50 bits per heavy atom. The lowest BCUT2D eigenvalue weighted by atomic mass is 10.7. The second-order valence-corrected chi connectivity index (χ2v) is 3.99. The average molecular weight is 165 g/mol. The van der Waals surface area contributed by atoms with Crippen LogP contribution in [-0.2, 0) is 13.8 Å². The van der Waals surface area contributed by atoms with Crippen LogP contribution >= 0.6 is 7.75 Å². The van der Waals surface area contributed by atoms with Gasteiger partial charge in [-0.3, -0.25) is 0 Å². The molecule has 2 aliphatic rings. The normalized spacial score (nSPS) is 32.0. The highest BCUT2D eigenvalue weighted by molar-refractivity contribution is 7.52. The quantitative estimate of drug-likeness (QED) is 0.507. The van der Waals surface area contributed by atoms with Crippen molar-refractivity contribution in [2.24, 2.45) is 0 Å². The predicted molar refractivity (Wildman–Crippen MR) is 32.5 cm³/mol. The van der Waals surface area contributed by atoms with Crippen molar-refractivity contribution >= 4 is 7.75 Å². The van der Waals surface area contributed by atoms with Crippen molar-refractivity contribution in [2.45, 2.75) is 0 Å². The van der Waals surface area contributed by atoms with E-state index in [4.69, 9.17) is 0 Å². The molecule has 0 aromatic rings. The van der Waals surface area contributed by atoms with Gasteiger partial charge in [0, 0.05) is 13.1 Å². The van der Waals surface area contributed by atoms with Crippen molar-refractivity contribution in [1.82, 2.24) is 15.6 Å². The van der Waals surface area contributed by atoms with E-state index in [0.29, 0.717) is 13.2 Å². The summed E-state index contributed by atoms with van der Waals surface area (Å²) >= 11 is 0. The summed E-state index contributed by atoms with van der Waals surface area (Å²) < 4.78 is 22.0. The van der Waals surface area contributed by atoms with Gasteiger partial charge in [0.15, 0.2) is 0 Å². The van der Waals surface area contributed by atoms with Crippen LogP contribution in [0.3, 0.4) is 0 Å². The molecule has 0 aromatic carbocycles. The Hall–Kier alpha value is 0.0300. The third-order valence-electron chi connectivity index (χ3n) is 1.49. The zero-order valence-electron chi connectivity index (χ0n) is 5.24. The Morgan fingerprint density at radius 3 is 2.70 bits per heavy atom. The summed E-state index contributed by atoms with van der Waals surface area (Å²) in [6.07, 6.45) is 0. The molecule has 0 saturated carbocycles. The van der Waals surface area contributed by atoms with E-state index in [9.17, 15) is 4.57 Å². The topological polar surface area (TPSA) is 62.8 Å². The molecule has 2 fully saturated rings. The third-order valence-corrected chi connectivity index (χ3v) is 3.14. The summed E-state index contributed by atoms with van der Waals surface area (Å²) in [6, 6.07) is 0. The first kappa shape index (κ1) is 6.72. The molecular weight excluding hydrogens is 157 g/mol. The Balaban J connectivity index is 2.03. The SMILES string of the molecule is O=P1(N2CCNC2)ONO1. The number of nitrogens with zero attached hydrogens (tertiary/aromatic N) is 1. The monoisotopic (exact) mass is 165 g/mol. The number of hydrogen-bond donors (Lipinski definition) is 2. The molecule has 0 spiro atoms. The molecule has 2 rings (SSSR count). The van der Waals surface area contributed by atoms with Crippen LogP contribution in [-0.4, -0.2) is 24.4 Å². The van der Waals surface area contributed by atoms with Crippen LogP contribution in [0, 0.1) is 0 Å².